The van der Waals surface area contributed by atoms with Crippen LogP contribution in [0.5, 0.6) is 0 Å². The Kier molecular flexibility index (Phi) is 2.24. The Balaban J connectivity index is 1.84. The van der Waals surface area contributed by atoms with E-state index in [2.05, 4.69) is 4.98 Å². The fourth-order valence-corrected chi connectivity index (χ4v) is 3.05. The molecule has 1 aliphatic heterocycles. The van der Waals surface area contributed by atoms with E-state index in [4.69, 9.17) is 5.73 Å². The smallest absolute Gasteiger partial charge is 0.252 e. The number of pyridine rings is 1. The Morgan fingerprint density at radius 2 is 2.24 bits per heavy atom. The van der Waals surface area contributed by atoms with E-state index in [9.17, 15) is 8.78 Å². The Bertz CT molecular complexity index is 436. The summed E-state index contributed by atoms with van der Waals surface area (Å²) in [5.74, 6) is -2.30. The number of rotatable bonds is 1. The van der Waals surface area contributed by atoms with E-state index < -0.39 is 11.8 Å². The molecule has 0 bridgehead atoms. The van der Waals surface area contributed by atoms with E-state index >= 15 is 0 Å². The van der Waals surface area contributed by atoms with Gasteiger partial charge in [0.15, 0.2) is 5.82 Å². The average molecular weight is 239 g/mol. The van der Waals surface area contributed by atoms with Gasteiger partial charge in [0.05, 0.1) is 5.69 Å². The standard InChI is InChI=1S/C12H15F2N3/c13-12(14)4-3-8-6-17(7-9(8)12)11-10(15)2-1-5-16-11/h1-2,5,8-9H,3-4,6-7,15H2/t8-,9+/m1/s1. The van der Waals surface area contributed by atoms with E-state index in [-0.39, 0.29) is 12.3 Å². The molecule has 92 valence electrons. The van der Waals surface area contributed by atoms with Gasteiger partial charge in [-0.25, -0.2) is 13.8 Å². The van der Waals surface area contributed by atoms with Crippen molar-refractivity contribution in [3.8, 4) is 0 Å². The lowest BCUT2D eigenvalue weighted by Gasteiger charge is -2.22. The Morgan fingerprint density at radius 1 is 1.41 bits per heavy atom. The van der Waals surface area contributed by atoms with Crippen molar-refractivity contribution in [1.29, 1.82) is 0 Å². The van der Waals surface area contributed by atoms with Crippen LogP contribution in [0.3, 0.4) is 0 Å². The minimum absolute atomic E-state index is 0.0356. The van der Waals surface area contributed by atoms with Crippen molar-refractivity contribution >= 4 is 11.5 Å². The van der Waals surface area contributed by atoms with Gasteiger partial charge < -0.3 is 10.6 Å². The quantitative estimate of drug-likeness (QED) is 0.816. The molecular weight excluding hydrogens is 224 g/mol. The highest BCUT2D eigenvalue weighted by molar-refractivity contribution is 5.62. The van der Waals surface area contributed by atoms with Gasteiger partial charge in [-0.15, -0.1) is 0 Å². The van der Waals surface area contributed by atoms with E-state index in [1.807, 2.05) is 4.90 Å². The number of alkyl halides is 2. The lowest BCUT2D eigenvalue weighted by atomic mass is 9.99. The number of nitrogen functional groups attached to an aromatic ring is 1. The van der Waals surface area contributed by atoms with Crippen LogP contribution in [-0.2, 0) is 0 Å². The number of fused-ring (bicyclic) bond motifs is 1. The van der Waals surface area contributed by atoms with Crippen LogP contribution in [0.1, 0.15) is 12.8 Å². The van der Waals surface area contributed by atoms with Crippen molar-refractivity contribution in [3.63, 3.8) is 0 Å². The molecule has 3 rings (SSSR count). The lowest BCUT2D eigenvalue weighted by Crippen LogP contribution is -2.29. The van der Waals surface area contributed by atoms with E-state index in [1.54, 1.807) is 18.3 Å². The summed E-state index contributed by atoms with van der Waals surface area (Å²) in [5, 5.41) is 0. The van der Waals surface area contributed by atoms with Crippen LogP contribution in [0.4, 0.5) is 20.3 Å². The maximum Gasteiger partial charge on any atom is 0.252 e. The molecule has 2 fully saturated rings. The van der Waals surface area contributed by atoms with E-state index in [0.29, 0.717) is 31.0 Å². The maximum atomic E-state index is 13.6. The minimum Gasteiger partial charge on any atom is -0.396 e. The minimum atomic E-state index is -2.51. The molecule has 0 spiro atoms. The summed E-state index contributed by atoms with van der Waals surface area (Å²) in [6.45, 7) is 1.03. The summed E-state index contributed by atoms with van der Waals surface area (Å²) in [6, 6.07) is 3.51. The predicted octanol–water partition coefficient (Wildman–Crippen LogP) is 2.15. The van der Waals surface area contributed by atoms with Crippen molar-refractivity contribution in [2.24, 2.45) is 11.8 Å². The normalized spacial score (nSPS) is 30.6. The van der Waals surface area contributed by atoms with Crippen molar-refractivity contribution < 1.29 is 8.78 Å². The molecule has 1 aromatic heterocycles. The first-order chi connectivity index (χ1) is 8.08. The number of hydrogen-bond donors (Lipinski definition) is 1. The molecule has 0 aromatic carbocycles. The highest BCUT2D eigenvalue weighted by Gasteiger charge is 2.54. The highest BCUT2D eigenvalue weighted by atomic mass is 19.3. The fourth-order valence-electron chi connectivity index (χ4n) is 3.05. The molecule has 2 atom stereocenters. The lowest BCUT2D eigenvalue weighted by molar-refractivity contribution is -0.0351. The molecule has 0 unspecified atom stereocenters. The fraction of sp³-hybridized carbons (Fsp3) is 0.583. The van der Waals surface area contributed by atoms with Crippen LogP contribution < -0.4 is 10.6 Å². The topological polar surface area (TPSA) is 42.1 Å². The van der Waals surface area contributed by atoms with Crippen molar-refractivity contribution in [3.05, 3.63) is 18.3 Å². The van der Waals surface area contributed by atoms with Crippen LogP contribution in [0.2, 0.25) is 0 Å². The summed E-state index contributed by atoms with van der Waals surface area (Å²) in [7, 11) is 0. The van der Waals surface area contributed by atoms with Crippen LogP contribution in [0.25, 0.3) is 0 Å². The average Bonchev–Trinajstić information content (AvgIpc) is 2.81. The zero-order chi connectivity index (χ0) is 12.0. The summed E-state index contributed by atoms with van der Waals surface area (Å²) in [6.07, 6.45) is 2.30. The van der Waals surface area contributed by atoms with Gasteiger partial charge in [0, 0.05) is 31.6 Å². The Morgan fingerprint density at radius 3 is 2.94 bits per heavy atom. The second kappa shape index (κ2) is 3.55. The molecule has 0 amide bonds. The molecular formula is C12H15F2N3. The zero-order valence-electron chi connectivity index (χ0n) is 9.44. The van der Waals surface area contributed by atoms with E-state index in [0.717, 1.165) is 0 Å². The van der Waals surface area contributed by atoms with Crippen LogP contribution in [-0.4, -0.2) is 24.0 Å². The van der Waals surface area contributed by atoms with E-state index in [1.165, 1.54) is 0 Å². The van der Waals surface area contributed by atoms with Gasteiger partial charge in [-0.05, 0) is 24.5 Å². The van der Waals surface area contributed by atoms with Gasteiger partial charge in [0.2, 0.25) is 0 Å². The first-order valence-electron chi connectivity index (χ1n) is 5.91. The number of aromatic nitrogens is 1. The van der Waals surface area contributed by atoms with Crippen LogP contribution in [0, 0.1) is 11.8 Å². The summed E-state index contributed by atoms with van der Waals surface area (Å²) in [5.41, 5.74) is 6.39. The molecule has 1 saturated heterocycles. The van der Waals surface area contributed by atoms with Gasteiger partial charge in [-0.2, -0.15) is 0 Å². The zero-order valence-corrected chi connectivity index (χ0v) is 9.44. The molecule has 0 radical (unpaired) electrons. The van der Waals surface area contributed by atoms with Crippen LogP contribution in [0.15, 0.2) is 18.3 Å². The molecule has 2 heterocycles. The molecule has 1 aromatic rings. The molecule has 1 saturated carbocycles. The number of anilines is 2. The third kappa shape index (κ3) is 1.64. The Labute approximate surface area is 98.6 Å². The predicted molar refractivity (Wildman–Crippen MR) is 62.0 cm³/mol. The third-order valence-electron chi connectivity index (χ3n) is 3.95. The second-order valence-corrected chi connectivity index (χ2v) is 4.99. The van der Waals surface area contributed by atoms with Gasteiger partial charge in [-0.1, -0.05) is 0 Å². The van der Waals surface area contributed by atoms with Crippen molar-refractivity contribution in [2.45, 2.75) is 18.8 Å². The maximum absolute atomic E-state index is 13.6. The van der Waals surface area contributed by atoms with Gasteiger partial charge in [-0.3, -0.25) is 0 Å². The molecule has 2 N–H and O–H groups in total. The number of nitrogens with zero attached hydrogens (tertiary/aromatic N) is 2. The monoisotopic (exact) mass is 239 g/mol. The highest BCUT2D eigenvalue weighted by Crippen LogP contribution is 2.49. The number of halogens is 2. The number of hydrogen-bond acceptors (Lipinski definition) is 3. The molecule has 1 aliphatic carbocycles. The summed E-state index contributed by atoms with van der Waals surface area (Å²) >= 11 is 0. The molecule has 3 nitrogen and oxygen atoms in total. The van der Waals surface area contributed by atoms with Crippen molar-refractivity contribution in [1.82, 2.24) is 4.98 Å². The molecule has 2 aliphatic rings. The second-order valence-electron chi connectivity index (χ2n) is 4.99. The summed E-state index contributed by atoms with van der Waals surface area (Å²) < 4.78 is 27.2. The van der Waals surface area contributed by atoms with Gasteiger partial charge in [0.1, 0.15) is 0 Å². The Hall–Kier alpha value is -1.39. The van der Waals surface area contributed by atoms with Crippen LogP contribution >= 0.6 is 0 Å². The summed E-state index contributed by atoms with van der Waals surface area (Å²) in [4.78, 5) is 6.09. The SMILES string of the molecule is Nc1cccnc1N1C[C@H]2CCC(F)(F)[C@H]2C1. The third-order valence-corrected chi connectivity index (χ3v) is 3.95. The number of nitrogens with two attached hydrogens (primary N) is 1. The first kappa shape index (κ1) is 10.7. The molecule has 17 heavy (non-hydrogen) atoms. The molecule has 5 heteroatoms. The van der Waals surface area contributed by atoms with Crippen molar-refractivity contribution in [2.75, 3.05) is 23.7 Å². The van der Waals surface area contributed by atoms with Gasteiger partial charge in [0.25, 0.3) is 5.92 Å². The largest absolute Gasteiger partial charge is 0.396 e. The first-order valence-corrected chi connectivity index (χ1v) is 5.91. The van der Waals surface area contributed by atoms with Gasteiger partial charge >= 0.3 is 0 Å².